The normalized spacial score (nSPS) is 25.7. The molecule has 0 bridgehead atoms. The second kappa shape index (κ2) is 5.00. The zero-order valence-corrected chi connectivity index (χ0v) is 9.83. The Labute approximate surface area is 96.4 Å². The van der Waals surface area contributed by atoms with Crippen molar-refractivity contribution in [2.24, 2.45) is 0 Å². The van der Waals surface area contributed by atoms with Crippen molar-refractivity contribution < 1.29 is 4.74 Å². The molecule has 1 saturated carbocycles. The van der Waals surface area contributed by atoms with Gasteiger partial charge in [-0.1, -0.05) is 24.3 Å². The number of ether oxygens (including phenoxy) is 1. The molecule has 0 aliphatic heterocycles. The molecule has 1 aromatic rings. The first-order chi connectivity index (χ1) is 7.29. The fourth-order valence-corrected chi connectivity index (χ4v) is 2.67. The molecule has 1 aliphatic rings. The summed E-state index contributed by atoms with van der Waals surface area (Å²) < 4.78 is 5.14. The molecule has 2 unspecified atom stereocenters. The van der Waals surface area contributed by atoms with Crippen LogP contribution in [0.1, 0.15) is 36.3 Å². The molecule has 0 radical (unpaired) electrons. The van der Waals surface area contributed by atoms with Gasteiger partial charge >= 0.3 is 0 Å². The van der Waals surface area contributed by atoms with Gasteiger partial charge in [0.2, 0.25) is 0 Å². The predicted molar refractivity (Wildman–Crippen MR) is 63.4 cm³/mol. The van der Waals surface area contributed by atoms with Crippen LogP contribution in [-0.4, -0.2) is 12.5 Å². The molecule has 1 nitrogen and oxygen atoms in total. The third-order valence-corrected chi connectivity index (χ3v) is 3.50. The maximum absolute atomic E-state index is 6.13. The smallest absolute Gasteiger partial charge is 0.0713 e. The average Bonchev–Trinajstić information content (AvgIpc) is 2.66. The lowest BCUT2D eigenvalue weighted by molar-refractivity contribution is 0.185. The van der Waals surface area contributed by atoms with E-state index in [9.17, 15) is 0 Å². The second-order valence-corrected chi connectivity index (χ2v) is 4.90. The van der Waals surface area contributed by atoms with E-state index in [1.807, 2.05) is 0 Å². The van der Waals surface area contributed by atoms with Crippen LogP contribution in [0.25, 0.3) is 0 Å². The minimum Gasteiger partial charge on any atom is -0.380 e. The molecule has 1 aromatic carbocycles. The molecule has 0 aromatic heterocycles. The Kier molecular flexibility index (Phi) is 3.66. The summed E-state index contributed by atoms with van der Waals surface area (Å²) in [6, 6.07) is 8.69. The minimum atomic E-state index is 0.376. The van der Waals surface area contributed by atoms with Crippen molar-refractivity contribution in [3.63, 3.8) is 0 Å². The van der Waals surface area contributed by atoms with Crippen molar-refractivity contribution in [2.45, 2.75) is 37.2 Å². The van der Waals surface area contributed by atoms with E-state index in [2.05, 4.69) is 24.3 Å². The van der Waals surface area contributed by atoms with Gasteiger partial charge in [0.25, 0.3) is 0 Å². The van der Waals surface area contributed by atoms with Gasteiger partial charge in [0.15, 0.2) is 0 Å². The van der Waals surface area contributed by atoms with Crippen LogP contribution >= 0.6 is 11.6 Å². The van der Waals surface area contributed by atoms with E-state index in [0.717, 1.165) is 12.8 Å². The number of rotatable bonds is 3. The summed E-state index contributed by atoms with van der Waals surface area (Å²) in [7, 11) is 1.73. The standard InChI is InChI=1S/C13H17ClO/c1-15-9-10-3-2-4-11(7-10)12-5-6-13(14)8-12/h2-4,7,12-13H,5-6,8-9H2,1H3. The van der Waals surface area contributed by atoms with Crippen molar-refractivity contribution in [2.75, 3.05) is 7.11 Å². The topological polar surface area (TPSA) is 9.23 Å². The Morgan fingerprint density at radius 1 is 1.40 bits per heavy atom. The Bertz CT molecular complexity index is 324. The second-order valence-electron chi connectivity index (χ2n) is 4.29. The van der Waals surface area contributed by atoms with Crippen LogP contribution in [0.15, 0.2) is 24.3 Å². The molecule has 0 saturated heterocycles. The van der Waals surface area contributed by atoms with E-state index in [-0.39, 0.29) is 0 Å². The SMILES string of the molecule is COCc1cccc(C2CCC(Cl)C2)c1. The quantitative estimate of drug-likeness (QED) is 0.712. The van der Waals surface area contributed by atoms with E-state index in [0.29, 0.717) is 17.9 Å². The van der Waals surface area contributed by atoms with Crippen LogP contribution in [0.2, 0.25) is 0 Å². The summed E-state index contributed by atoms with van der Waals surface area (Å²) in [6.45, 7) is 0.699. The van der Waals surface area contributed by atoms with Gasteiger partial charge in [-0.05, 0) is 36.3 Å². The average molecular weight is 225 g/mol. The Morgan fingerprint density at radius 2 is 2.27 bits per heavy atom. The number of alkyl halides is 1. The van der Waals surface area contributed by atoms with Crippen LogP contribution < -0.4 is 0 Å². The van der Waals surface area contributed by atoms with Crippen LogP contribution in [0.3, 0.4) is 0 Å². The maximum Gasteiger partial charge on any atom is 0.0713 e. The van der Waals surface area contributed by atoms with E-state index in [1.165, 1.54) is 17.5 Å². The molecule has 15 heavy (non-hydrogen) atoms. The highest BCUT2D eigenvalue weighted by Crippen LogP contribution is 2.37. The van der Waals surface area contributed by atoms with Crippen LogP contribution in [0, 0.1) is 0 Å². The van der Waals surface area contributed by atoms with E-state index in [1.54, 1.807) is 7.11 Å². The molecule has 0 amide bonds. The molecule has 2 heteroatoms. The zero-order valence-electron chi connectivity index (χ0n) is 9.08. The zero-order chi connectivity index (χ0) is 10.7. The highest BCUT2D eigenvalue weighted by molar-refractivity contribution is 6.20. The fourth-order valence-electron chi connectivity index (χ4n) is 2.33. The van der Waals surface area contributed by atoms with Gasteiger partial charge in [-0.2, -0.15) is 0 Å². The lowest BCUT2D eigenvalue weighted by Crippen LogP contribution is -1.96. The van der Waals surface area contributed by atoms with Gasteiger partial charge in [-0.3, -0.25) is 0 Å². The maximum atomic E-state index is 6.13. The lowest BCUT2D eigenvalue weighted by Gasteiger charge is -2.11. The molecule has 82 valence electrons. The Morgan fingerprint density at radius 3 is 2.93 bits per heavy atom. The molecule has 2 rings (SSSR count). The number of hydrogen-bond donors (Lipinski definition) is 0. The van der Waals surface area contributed by atoms with Gasteiger partial charge in [0.1, 0.15) is 0 Å². The fraction of sp³-hybridized carbons (Fsp3) is 0.538. The van der Waals surface area contributed by atoms with Crippen LogP contribution in [0.5, 0.6) is 0 Å². The summed E-state index contributed by atoms with van der Waals surface area (Å²) in [5, 5.41) is 0.376. The van der Waals surface area contributed by atoms with Crippen molar-refractivity contribution in [1.29, 1.82) is 0 Å². The predicted octanol–water partition coefficient (Wildman–Crippen LogP) is 3.71. The highest BCUT2D eigenvalue weighted by Gasteiger charge is 2.24. The summed E-state index contributed by atoms with van der Waals surface area (Å²) in [5.74, 6) is 0.657. The van der Waals surface area contributed by atoms with Crippen molar-refractivity contribution >= 4 is 11.6 Å². The molecule has 0 N–H and O–H groups in total. The molecular weight excluding hydrogens is 208 g/mol. The Hall–Kier alpha value is -0.530. The van der Waals surface area contributed by atoms with Gasteiger partial charge in [0.05, 0.1) is 6.61 Å². The number of hydrogen-bond acceptors (Lipinski definition) is 1. The van der Waals surface area contributed by atoms with E-state index in [4.69, 9.17) is 16.3 Å². The monoisotopic (exact) mass is 224 g/mol. The highest BCUT2D eigenvalue weighted by atomic mass is 35.5. The molecule has 1 fully saturated rings. The third-order valence-electron chi connectivity index (χ3n) is 3.10. The van der Waals surface area contributed by atoms with Crippen LogP contribution in [-0.2, 0) is 11.3 Å². The van der Waals surface area contributed by atoms with Gasteiger partial charge < -0.3 is 4.74 Å². The first kappa shape index (κ1) is 11.0. The molecular formula is C13H17ClO. The van der Waals surface area contributed by atoms with E-state index < -0.39 is 0 Å². The summed E-state index contributed by atoms with van der Waals surface area (Å²) >= 11 is 6.13. The van der Waals surface area contributed by atoms with Gasteiger partial charge in [-0.15, -0.1) is 11.6 Å². The van der Waals surface area contributed by atoms with Crippen LogP contribution in [0.4, 0.5) is 0 Å². The number of benzene rings is 1. The molecule has 1 aliphatic carbocycles. The first-order valence-electron chi connectivity index (χ1n) is 5.51. The van der Waals surface area contributed by atoms with Crippen molar-refractivity contribution in [3.8, 4) is 0 Å². The van der Waals surface area contributed by atoms with Gasteiger partial charge in [0, 0.05) is 12.5 Å². The number of methoxy groups -OCH3 is 1. The largest absolute Gasteiger partial charge is 0.380 e. The molecule has 2 atom stereocenters. The first-order valence-corrected chi connectivity index (χ1v) is 5.95. The van der Waals surface area contributed by atoms with E-state index >= 15 is 0 Å². The summed E-state index contributed by atoms with van der Waals surface area (Å²) in [6.07, 6.45) is 3.50. The number of halogens is 1. The summed E-state index contributed by atoms with van der Waals surface area (Å²) in [4.78, 5) is 0. The summed E-state index contributed by atoms with van der Waals surface area (Å²) in [5.41, 5.74) is 2.68. The van der Waals surface area contributed by atoms with Gasteiger partial charge in [-0.25, -0.2) is 0 Å². The molecule has 0 heterocycles. The minimum absolute atomic E-state index is 0.376. The lowest BCUT2D eigenvalue weighted by atomic mass is 9.96. The van der Waals surface area contributed by atoms with Crippen molar-refractivity contribution in [3.05, 3.63) is 35.4 Å². The molecule has 0 spiro atoms. The van der Waals surface area contributed by atoms with Crippen molar-refractivity contribution in [1.82, 2.24) is 0 Å². The Balaban J connectivity index is 2.10. The third kappa shape index (κ3) is 2.73.